The molecule has 0 saturated heterocycles. The van der Waals surface area contributed by atoms with E-state index in [2.05, 4.69) is 24.7 Å². The van der Waals surface area contributed by atoms with Crippen molar-refractivity contribution in [3.05, 3.63) is 48.3 Å². The first kappa shape index (κ1) is 21.6. The van der Waals surface area contributed by atoms with Gasteiger partial charge in [-0.3, -0.25) is 8.78 Å². The van der Waals surface area contributed by atoms with Crippen LogP contribution in [0.1, 0.15) is 5.69 Å². The van der Waals surface area contributed by atoms with E-state index in [1.54, 1.807) is 55.2 Å². The molecule has 166 valence electrons. The largest absolute Gasteiger partial charge is 0.760 e. The fourth-order valence-corrected chi connectivity index (χ4v) is 3.46. The summed E-state index contributed by atoms with van der Waals surface area (Å²) >= 11 is -2.43. The zero-order valence-corrected chi connectivity index (χ0v) is 18.3. The molecule has 4 rings (SSSR count). The van der Waals surface area contributed by atoms with E-state index in [1.165, 1.54) is 13.3 Å². The van der Waals surface area contributed by atoms with Gasteiger partial charge in [0, 0.05) is 17.3 Å². The Bertz CT molecular complexity index is 1270. The molecule has 12 heteroatoms. The van der Waals surface area contributed by atoms with Gasteiger partial charge in [-0.15, -0.1) is 0 Å². The summed E-state index contributed by atoms with van der Waals surface area (Å²) in [5.74, 6) is 1.87. The first-order chi connectivity index (χ1) is 15.5. The van der Waals surface area contributed by atoms with E-state index >= 15 is 0 Å². The number of nitrogens with zero attached hydrogens (tertiary/aromatic N) is 5. The van der Waals surface area contributed by atoms with Gasteiger partial charge in [-0.2, -0.15) is 0 Å². The van der Waals surface area contributed by atoms with Crippen LogP contribution < -0.4 is 18.9 Å². The van der Waals surface area contributed by atoms with Crippen molar-refractivity contribution in [2.45, 2.75) is 6.54 Å². The van der Waals surface area contributed by atoms with Crippen molar-refractivity contribution in [1.82, 2.24) is 29.2 Å². The molecule has 0 radical (unpaired) electrons. The number of methoxy groups -OCH3 is 3. The maximum absolute atomic E-state index is 10.9. The third kappa shape index (κ3) is 4.10. The molecule has 4 aromatic rings. The topological polar surface area (TPSA) is 136 Å². The number of ether oxygens (including phenoxy) is 3. The lowest BCUT2D eigenvalue weighted by Crippen LogP contribution is -2.17. The van der Waals surface area contributed by atoms with Gasteiger partial charge in [-0.1, -0.05) is 12.1 Å². The third-order valence-electron chi connectivity index (χ3n) is 4.58. The molecule has 3 heterocycles. The van der Waals surface area contributed by atoms with E-state index in [0.717, 1.165) is 0 Å². The Kier molecular flexibility index (Phi) is 6.25. The van der Waals surface area contributed by atoms with Gasteiger partial charge < -0.3 is 18.8 Å². The second-order valence-electron chi connectivity index (χ2n) is 6.41. The molecule has 1 unspecified atom stereocenters. The zero-order chi connectivity index (χ0) is 22.7. The zero-order valence-electron chi connectivity index (χ0n) is 17.4. The lowest BCUT2D eigenvalue weighted by molar-refractivity contribution is 0.391. The summed E-state index contributed by atoms with van der Waals surface area (Å²) < 4.78 is 42.3. The number of aromatic nitrogens is 5. The molecule has 0 saturated carbocycles. The van der Waals surface area contributed by atoms with Crippen LogP contribution in [0.4, 0.5) is 0 Å². The minimum absolute atomic E-state index is 0.0277. The van der Waals surface area contributed by atoms with Crippen LogP contribution in [0.25, 0.3) is 28.5 Å². The average Bonchev–Trinajstić information content (AvgIpc) is 3.20. The molecular formula is C20H19N6O5S-. The van der Waals surface area contributed by atoms with Crippen molar-refractivity contribution in [2.75, 3.05) is 21.3 Å². The third-order valence-corrected chi connectivity index (χ3v) is 4.96. The van der Waals surface area contributed by atoms with Crippen LogP contribution in [0.3, 0.4) is 0 Å². The Labute approximate surface area is 185 Å². The number of rotatable bonds is 8. The molecule has 1 atom stereocenters. The maximum Gasteiger partial charge on any atom is 0.213 e. The summed E-state index contributed by atoms with van der Waals surface area (Å²) in [7, 11) is 4.62. The average molecular weight is 455 g/mol. The molecule has 0 aliphatic rings. The monoisotopic (exact) mass is 455 g/mol. The van der Waals surface area contributed by atoms with Gasteiger partial charge in [-0.25, -0.2) is 24.7 Å². The molecule has 0 spiro atoms. The van der Waals surface area contributed by atoms with Crippen molar-refractivity contribution in [3.8, 4) is 34.6 Å². The van der Waals surface area contributed by atoms with Crippen LogP contribution >= 0.6 is 0 Å². The highest BCUT2D eigenvalue weighted by Gasteiger charge is 2.23. The number of nitrogens with one attached hydrogen (secondary N) is 1. The van der Waals surface area contributed by atoms with Crippen molar-refractivity contribution < 1.29 is 23.0 Å². The fourth-order valence-electron chi connectivity index (χ4n) is 3.19. The molecule has 1 N–H and O–H groups in total. The summed E-state index contributed by atoms with van der Waals surface area (Å²) in [6.45, 7) is -0.0277. The number of fused-ring (bicyclic) bond motifs is 1. The molecule has 0 bridgehead atoms. The summed E-state index contributed by atoms with van der Waals surface area (Å²) in [6.07, 6.45) is 1.46. The van der Waals surface area contributed by atoms with E-state index in [-0.39, 0.29) is 6.54 Å². The van der Waals surface area contributed by atoms with Crippen molar-refractivity contribution in [3.63, 3.8) is 0 Å². The van der Waals surface area contributed by atoms with Gasteiger partial charge in [0.1, 0.15) is 22.9 Å². The lowest BCUT2D eigenvalue weighted by atomic mass is 10.2. The van der Waals surface area contributed by atoms with Crippen LogP contribution in [-0.4, -0.2) is 54.6 Å². The number of hydrogen-bond donors (Lipinski definition) is 1. The highest BCUT2D eigenvalue weighted by atomic mass is 32.2. The quantitative estimate of drug-likeness (QED) is 0.394. The first-order valence-corrected chi connectivity index (χ1v) is 10.4. The second kappa shape index (κ2) is 9.26. The fraction of sp³-hybridized carbons (Fsp3) is 0.200. The van der Waals surface area contributed by atoms with E-state index < -0.39 is 11.3 Å². The molecule has 0 aliphatic heterocycles. The number of para-hydroxylation sites is 1. The van der Waals surface area contributed by atoms with Crippen molar-refractivity contribution >= 4 is 22.6 Å². The lowest BCUT2D eigenvalue weighted by Gasteiger charge is -2.16. The minimum Gasteiger partial charge on any atom is -0.760 e. The summed E-state index contributed by atoms with van der Waals surface area (Å²) in [6, 6.07) is 10.7. The summed E-state index contributed by atoms with van der Waals surface area (Å²) in [5, 5.41) is 0. The highest BCUT2D eigenvalue weighted by molar-refractivity contribution is 7.77. The Hall–Kier alpha value is -3.61. The Morgan fingerprint density at radius 3 is 2.38 bits per heavy atom. The number of imidazole rings is 1. The molecule has 0 amide bonds. The first-order valence-electron chi connectivity index (χ1n) is 9.35. The molecule has 11 nitrogen and oxygen atoms in total. The SMILES string of the molecule is COc1cccc(-c2nc3ncc(CNS(=O)[O-])nc3n2-c2c(OC)cccc2OC)n1. The van der Waals surface area contributed by atoms with E-state index in [0.29, 0.717) is 51.6 Å². The predicted octanol–water partition coefficient (Wildman–Crippen LogP) is 1.79. The van der Waals surface area contributed by atoms with Crippen molar-refractivity contribution in [1.29, 1.82) is 0 Å². The maximum atomic E-state index is 10.9. The Balaban J connectivity index is 2.03. The van der Waals surface area contributed by atoms with E-state index in [4.69, 9.17) is 14.2 Å². The van der Waals surface area contributed by atoms with Gasteiger partial charge in [0.2, 0.25) is 5.88 Å². The minimum atomic E-state index is -2.43. The number of pyridine rings is 1. The van der Waals surface area contributed by atoms with Crippen LogP contribution in [0.5, 0.6) is 17.4 Å². The molecule has 0 aliphatic carbocycles. The summed E-state index contributed by atoms with van der Waals surface area (Å²) in [5.41, 5.74) is 2.18. The molecule has 3 aromatic heterocycles. The van der Waals surface area contributed by atoms with E-state index in [9.17, 15) is 8.76 Å². The smallest absolute Gasteiger partial charge is 0.213 e. The molecule has 0 fully saturated rings. The van der Waals surface area contributed by atoms with Gasteiger partial charge in [-0.05, 0) is 18.2 Å². The normalized spacial score (nSPS) is 12.0. The van der Waals surface area contributed by atoms with Gasteiger partial charge in [0.25, 0.3) is 0 Å². The summed E-state index contributed by atoms with van der Waals surface area (Å²) in [4.78, 5) is 18.1. The number of hydrogen-bond acceptors (Lipinski definition) is 9. The standard InChI is InChI=1S/C20H20N6O5S/c1-29-14-7-5-8-15(30-2)17(14)26-19(13-6-4-9-16(24-13)31-3)25-18-20(26)23-12(10-21-18)11-22-32(27)28/h4-10,22H,11H2,1-3H3,(H,27,28)/p-1. The van der Waals surface area contributed by atoms with Crippen LogP contribution in [-0.2, 0) is 17.8 Å². The Morgan fingerprint density at radius 1 is 1.00 bits per heavy atom. The second-order valence-corrected chi connectivity index (χ2v) is 7.17. The number of benzene rings is 1. The van der Waals surface area contributed by atoms with Crippen LogP contribution in [0, 0.1) is 0 Å². The predicted molar refractivity (Wildman–Crippen MR) is 115 cm³/mol. The molecule has 1 aromatic carbocycles. The Morgan fingerprint density at radius 2 is 1.72 bits per heavy atom. The van der Waals surface area contributed by atoms with Crippen LogP contribution in [0.15, 0.2) is 42.6 Å². The van der Waals surface area contributed by atoms with Gasteiger partial charge in [0.15, 0.2) is 17.1 Å². The van der Waals surface area contributed by atoms with E-state index in [1.807, 2.05) is 0 Å². The van der Waals surface area contributed by atoms with Crippen LogP contribution in [0.2, 0.25) is 0 Å². The van der Waals surface area contributed by atoms with Gasteiger partial charge in [0.05, 0.1) is 39.8 Å². The van der Waals surface area contributed by atoms with Gasteiger partial charge >= 0.3 is 0 Å². The highest BCUT2D eigenvalue weighted by Crippen LogP contribution is 2.37. The molecule has 32 heavy (non-hydrogen) atoms. The van der Waals surface area contributed by atoms with Crippen molar-refractivity contribution in [2.24, 2.45) is 0 Å². The molecular weight excluding hydrogens is 436 g/mol.